The van der Waals surface area contributed by atoms with Gasteiger partial charge in [-0.05, 0) is 36.4 Å². The number of nitrogens with zero attached hydrogens (tertiary/aromatic N) is 1. The van der Waals surface area contributed by atoms with Gasteiger partial charge in [-0.3, -0.25) is 4.72 Å². The normalized spacial score (nSPS) is 10.9. The molecule has 0 unspecified atom stereocenters. The van der Waals surface area contributed by atoms with Crippen LogP contribution in [0.25, 0.3) is 0 Å². The summed E-state index contributed by atoms with van der Waals surface area (Å²) in [6, 6.07) is 10.1. The van der Waals surface area contributed by atoms with Crippen molar-refractivity contribution < 1.29 is 8.42 Å². The second-order valence-corrected chi connectivity index (χ2v) is 6.59. The van der Waals surface area contributed by atoms with Gasteiger partial charge in [0.15, 0.2) is 0 Å². The molecule has 0 bridgehead atoms. The summed E-state index contributed by atoms with van der Waals surface area (Å²) in [7, 11) is -3.83. The summed E-state index contributed by atoms with van der Waals surface area (Å²) in [5, 5.41) is 9.09. The fourth-order valence-corrected chi connectivity index (χ4v) is 3.10. The van der Waals surface area contributed by atoms with Crippen LogP contribution in [0.1, 0.15) is 5.56 Å². The first-order chi connectivity index (χ1) is 9.83. The van der Waals surface area contributed by atoms with Crippen molar-refractivity contribution in [1.29, 1.82) is 5.26 Å². The van der Waals surface area contributed by atoms with Crippen molar-refractivity contribution in [2.45, 2.75) is 4.90 Å². The zero-order chi connectivity index (χ0) is 15.6. The Morgan fingerprint density at radius 1 is 1.10 bits per heavy atom. The molecule has 0 aromatic heterocycles. The molecule has 2 rings (SSSR count). The maximum Gasteiger partial charge on any atom is 0.261 e. The highest BCUT2D eigenvalue weighted by molar-refractivity contribution is 7.92. The van der Waals surface area contributed by atoms with Crippen molar-refractivity contribution in [3.63, 3.8) is 0 Å². The molecule has 0 saturated carbocycles. The van der Waals surface area contributed by atoms with E-state index in [9.17, 15) is 8.42 Å². The number of anilines is 2. The lowest BCUT2D eigenvalue weighted by molar-refractivity contribution is 0.601. The van der Waals surface area contributed by atoms with Crippen LogP contribution in [0.3, 0.4) is 0 Å². The topological polar surface area (TPSA) is 96.0 Å². The third-order valence-electron chi connectivity index (χ3n) is 2.62. The van der Waals surface area contributed by atoms with Crippen molar-refractivity contribution >= 4 is 44.6 Å². The van der Waals surface area contributed by atoms with Crippen LogP contribution in [-0.2, 0) is 10.0 Å². The molecule has 0 heterocycles. The number of rotatable bonds is 3. The number of sulfonamides is 1. The van der Waals surface area contributed by atoms with Crippen LogP contribution in [0.5, 0.6) is 0 Å². The highest BCUT2D eigenvalue weighted by Gasteiger charge is 2.16. The summed E-state index contributed by atoms with van der Waals surface area (Å²) >= 11 is 11.7. The fraction of sp³-hybridized carbons (Fsp3) is 0. The molecule has 108 valence electrons. The molecule has 8 heteroatoms. The largest absolute Gasteiger partial charge is 0.398 e. The van der Waals surface area contributed by atoms with E-state index >= 15 is 0 Å². The maximum absolute atomic E-state index is 12.2. The smallest absolute Gasteiger partial charge is 0.261 e. The van der Waals surface area contributed by atoms with Gasteiger partial charge in [0.1, 0.15) is 6.07 Å². The van der Waals surface area contributed by atoms with Gasteiger partial charge in [0.2, 0.25) is 0 Å². The van der Waals surface area contributed by atoms with Gasteiger partial charge in [0, 0.05) is 0 Å². The standard InChI is InChI=1S/C13H9Cl2N3O2S/c14-11-6-10(3-1-8(11)7-16)21(19,20)18-9-2-4-13(17)12(15)5-9/h1-6,18H,17H2. The predicted octanol–water partition coefficient (Wildman–Crippen LogP) is 3.25. The van der Waals surface area contributed by atoms with Crippen LogP contribution in [-0.4, -0.2) is 8.42 Å². The number of hydrogen-bond donors (Lipinski definition) is 2. The van der Waals surface area contributed by atoms with E-state index in [4.69, 9.17) is 34.2 Å². The van der Waals surface area contributed by atoms with E-state index in [2.05, 4.69) is 4.72 Å². The molecular weight excluding hydrogens is 333 g/mol. The van der Waals surface area contributed by atoms with Crippen molar-refractivity contribution in [2.24, 2.45) is 0 Å². The van der Waals surface area contributed by atoms with Gasteiger partial charge in [0.05, 0.1) is 31.9 Å². The molecule has 21 heavy (non-hydrogen) atoms. The Bertz CT molecular complexity index is 845. The Balaban J connectivity index is 2.36. The third-order valence-corrected chi connectivity index (χ3v) is 4.64. The zero-order valence-corrected chi connectivity index (χ0v) is 12.8. The second kappa shape index (κ2) is 5.82. The molecule has 2 aromatic carbocycles. The van der Waals surface area contributed by atoms with Crippen molar-refractivity contribution in [2.75, 3.05) is 10.5 Å². The summed E-state index contributed by atoms with van der Waals surface area (Å²) in [6.07, 6.45) is 0. The first-order valence-electron chi connectivity index (χ1n) is 5.61. The molecule has 5 nitrogen and oxygen atoms in total. The lowest BCUT2D eigenvalue weighted by atomic mass is 10.2. The predicted molar refractivity (Wildman–Crippen MR) is 82.8 cm³/mol. The molecule has 0 radical (unpaired) electrons. The van der Waals surface area contributed by atoms with Crippen LogP contribution in [0.2, 0.25) is 10.0 Å². The molecule has 0 aliphatic carbocycles. The monoisotopic (exact) mass is 341 g/mol. The lowest BCUT2D eigenvalue weighted by Gasteiger charge is -2.09. The van der Waals surface area contributed by atoms with E-state index < -0.39 is 10.0 Å². The van der Waals surface area contributed by atoms with E-state index in [1.165, 1.54) is 36.4 Å². The Hall–Kier alpha value is -1.94. The van der Waals surface area contributed by atoms with Crippen LogP contribution in [0, 0.1) is 11.3 Å². The van der Waals surface area contributed by atoms with E-state index in [0.29, 0.717) is 5.69 Å². The van der Waals surface area contributed by atoms with Gasteiger partial charge < -0.3 is 5.73 Å². The van der Waals surface area contributed by atoms with Crippen molar-refractivity contribution in [3.8, 4) is 6.07 Å². The Morgan fingerprint density at radius 2 is 1.81 bits per heavy atom. The van der Waals surface area contributed by atoms with Crippen LogP contribution < -0.4 is 10.5 Å². The molecule has 0 atom stereocenters. The average Bonchev–Trinajstić information content (AvgIpc) is 2.42. The number of hydrogen-bond acceptors (Lipinski definition) is 4. The minimum atomic E-state index is -3.83. The molecular formula is C13H9Cl2N3O2S. The van der Waals surface area contributed by atoms with E-state index in [1.54, 1.807) is 0 Å². The Morgan fingerprint density at radius 3 is 2.38 bits per heavy atom. The van der Waals surface area contributed by atoms with Gasteiger partial charge in [0.25, 0.3) is 10.0 Å². The molecule has 0 amide bonds. The second-order valence-electron chi connectivity index (χ2n) is 4.10. The third kappa shape index (κ3) is 3.39. The number of halogens is 2. The van der Waals surface area contributed by atoms with Crippen LogP contribution in [0.4, 0.5) is 11.4 Å². The first-order valence-corrected chi connectivity index (χ1v) is 7.85. The van der Waals surface area contributed by atoms with Crippen LogP contribution in [0.15, 0.2) is 41.3 Å². The molecule has 0 fully saturated rings. The lowest BCUT2D eigenvalue weighted by Crippen LogP contribution is -2.13. The van der Waals surface area contributed by atoms with Gasteiger partial charge in [-0.2, -0.15) is 5.26 Å². The number of nitrogen functional groups attached to an aromatic ring is 1. The quantitative estimate of drug-likeness (QED) is 0.837. The SMILES string of the molecule is N#Cc1ccc(S(=O)(=O)Nc2ccc(N)c(Cl)c2)cc1Cl. The molecule has 3 N–H and O–H groups in total. The number of nitriles is 1. The minimum Gasteiger partial charge on any atom is -0.398 e. The molecule has 0 aliphatic heterocycles. The fourth-order valence-electron chi connectivity index (χ4n) is 1.56. The van der Waals surface area contributed by atoms with E-state index in [0.717, 1.165) is 0 Å². The van der Waals surface area contributed by atoms with Gasteiger partial charge in [-0.15, -0.1) is 0 Å². The molecule has 0 aliphatic rings. The van der Waals surface area contributed by atoms with Crippen LogP contribution >= 0.6 is 23.2 Å². The Kier molecular flexibility index (Phi) is 4.28. The zero-order valence-electron chi connectivity index (χ0n) is 10.5. The number of benzene rings is 2. The van der Waals surface area contributed by atoms with E-state index in [-0.39, 0.29) is 26.2 Å². The minimum absolute atomic E-state index is 0.0561. The van der Waals surface area contributed by atoms with Crippen molar-refractivity contribution in [3.05, 3.63) is 52.0 Å². The molecule has 2 aromatic rings. The van der Waals surface area contributed by atoms with Gasteiger partial charge in [-0.25, -0.2) is 8.42 Å². The maximum atomic E-state index is 12.2. The summed E-state index contributed by atoms with van der Waals surface area (Å²) in [6.45, 7) is 0. The Labute approximate surface area is 132 Å². The summed E-state index contributed by atoms with van der Waals surface area (Å²) < 4.78 is 26.8. The molecule has 0 saturated heterocycles. The summed E-state index contributed by atoms with van der Waals surface area (Å²) in [5.41, 5.74) is 6.38. The summed E-state index contributed by atoms with van der Waals surface area (Å²) in [5.74, 6) is 0. The molecule has 0 spiro atoms. The van der Waals surface area contributed by atoms with Crippen molar-refractivity contribution in [1.82, 2.24) is 0 Å². The highest BCUT2D eigenvalue weighted by atomic mass is 35.5. The first kappa shape index (κ1) is 15.4. The average molecular weight is 342 g/mol. The van der Waals surface area contributed by atoms with Gasteiger partial charge in [-0.1, -0.05) is 23.2 Å². The highest BCUT2D eigenvalue weighted by Crippen LogP contribution is 2.26. The number of nitrogens with two attached hydrogens (primary N) is 1. The van der Waals surface area contributed by atoms with E-state index in [1.807, 2.05) is 6.07 Å². The number of nitrogens with one attached hydrogen (secondary N) is 1. The van der Waals surface area contributed by atoms with Gasteiger partial charge >= 0.3 is 0 Å². The summed E-state index contributed by atoms with van der Waals surface area (Å²) in [4.78, 5) is -0.0561.